The van der Waals surface area contributed by atoms with E-state index in [9.17, 15) is 4.79 Å². The van der Waals surface area contributed by atoms with Crippen molar-refractivity contribution in [3.05, 3.63) is 28.4 Å². The Morgan fingerprint density at radius 2 is 1.79 bits per heavy atom. The molecule has 1 heterocycles. The van der Waals surface area contributed by atoms with Gasteiger partial charge in [-0.25, -0.2) is 4.98 Å². The number of hydrogen-bond donors (Lipinski definition) is 0. The first-order valence-corrected chi connectivity index (χ1v) is 11.5. The topological polar surface area (TPSA) is 42.4 Å². The lowest BCUT2D eigenvalue weighted by molar-refractivity contribution is -0.127. The summed E-state index contributed by atoms with van der Waals surface area (Å²) in [4.78, 5) is 18.7. The number of amides is 1. The van der Waals surface area contributed by atoms with Gasteiger partial charge in [0.15, 0.2) is 7.59 Å². The molecule has 11 heteroatoms. The molecule has 0 radical (unpaired) electrons. The molecule has 1 aromatic rings. The lowest BCUT2D eigenvalue weighted by Gasteiger charge is -2.30. The predicted molar refractivity (Wildman–Crippen MR) is 121 cm³/mol. The number of nitrogens with zero attached hydrogens (tertiary/aromatic N) is 2. The van der Waals surface area contributed by atoms with Crippen molar-refractivity contribution in [3.63, 3.8) is 0 Å². The molecule has 0 N–H and O–H groups in total. The van der Waals surface area contributed by atoms with Crippen LogP contribution in [0.1, 0.15) is 37.7 Å². The van der Waals surface area contributed by atoms with E-state index in [1.807, 2.05) is 12.3 Å². The first-order valence-electron chi connectivity index (χ1n) is 8.31. The Bertz CT molecular complexity index is 658. The molecule has 0 aliphatic rings. The predicted octanol–water partition coefficient (Wildman–Crippen LogP) is 6.97. The van der Waals surface area contributed by atoms with Crippen molar-refractivity contribution in [1.82, 2.24) is 9.88 Å². The van der Waals surface area contributed by atoms with Crippen LogP contribution in [0.5, 0.6) is 0 Å². The molecule has 1 rings (SSSR count). The van der Waals surface area contributed by atoms with E-state index in [0.717, 1.165) is 5.01 Å². The van der Waals surface area contributed by atoms with Gasteiger partial charge >= 0.3 is 0 Å². The lowest BCUT2D eigenvalue weighted by atomic mass is 10.0. The van der Waals surface area contributed by atoms with Gasteiger partial charge in [0.25, 0.3) is 0 Å². The number of hydrogen-bond acceptors (Lipinski definition) is 4. The molecule has 3 atom stereocenters. The molecule has 3 unspecified atom stereocenters. The minimum atomic E-state index is -1.46. The van der Waals surface area contributed by atoms with Gasteiger partial charge in [0.2, 0.25) is 5.91 Å². The van der Waals surface area contributed by atoms with E-state index in [-0.39, 0.29) is 23.8 Å². The van der Waals surface area contributed by atoms with Crippen molar-refractivity contribution in [2.75, 3.05) is 14.2 Å². The zero-order chi connectivity index (χ0) is 21.7. The fourth-order valence-electron chi connectivity index (χ4n) is 2.30. The van der Waals surface area contributed by atoms with Crippen LogP contribution in [0.3, 0.4) is 0 Å². The van der Waals surface area contributed by atoms with Crippen molar-refractivity contribution in [1.29, 1.82) is 0 Å². The van der Waals surface area contributed by atoms with E-state index >= 15 is 0 Å². The highest BCUT2D eigenvalue weighted by molar-refractivity contribution is 7.09. The van der Waals surface area contributed by atoms with Crippen molar-refractivity contribution in [2.24, 2.45) is 11.8 Å². The van der Waals surface area contributed by atoms with Crippen LogP contribution in [-0.2, 0) is 9.53 Å². The fourth-order valence-corrected chi connectivity index (χ4v) is 3.60. The molecule has 160 valence electrons. The smallest absolute Gasteiger partial charge is 0.250 e. The Kier molecular flexibility index (Phi) is 10.5. The van der Waals surface area contributed by atoms with E-state index in [4.69, 9.17) is 74.3 Å². The number of carbonyl (C=O) groups is 1. The molecule has 28 heavy (non-hydrogen) atoms. The number of carbonyl (C=O) groups excluding carboxylic acids is 1. The maximum absolute atomic E-state index is 12.9. The third-order valence-electron chi connectivity index (χ3n) is 4.30. The Labute approximate surface area is 200 Å². The minimum Gasteiger partial charge on any atom is -0.501 e. The Morgan fingerprint density at radius 1 is 1.21 bits per heavy atom. The van der Waals surface area contributed by atoms with Crippen LogP contribution in [0, 0.1) is 11.8 Å². The lowest BCUT2D eigenvalue weighted by Crippen LogP contribution is -2.33. The van der Waals surface area contributed by atoms with Gasteiger partial charge in [-0.2, -0.15) is 0 Å². The molecule has 4 nitrogen and oxygen atoms in total. The van der Waals surface area contributed by atoms with Gasteiger partial charge in [0.05, 0.1) is 13.2 Å². The van der Waals surface area contributed by atoms with Gasteiger partial charge in [0.1, 0.15) is 10.8 Å². The maximum Gasteiger partial charge on any atom is 0.250 e. The van der Waals surface area contributed by atoms with Crippen LogP contribution in [0.25, 0.3) is 0 Å². The van der Waals surface area contributed by atoms with E-state index in [1.54, 1.807) is 25.1 Å². The number of methoxy groups -OCH3 is 1. The van der Waals surface area contributed by atoms with Crippen molar-refractivity contribution in [3.8, 4) is 0 Å². The van der Waals surface area contributed by atoms with Gasteiger partial charge in [-0.15, -0.1) is 11.3 Å². The van der Waals surface area contributed by atoms with Crippen molar-refractivity contribution < 1.29 is 9.53 Å². The van der Waals surface area contributed by atoms with E-state index < -0.39 is 7.59 Å². The molecule has 0 spiro atoms. The molecular weight excluding hydrogens is 509 g/mol. The molecule has 0 aromatic carbocycles. The summed E-state index contributed by atoms with van der Waals surface area (Å²) in [7, 11) is 3.13. The second kappa shape index (κ2) is 11.1. The monoisotopic (exact) mass is 528 g/mol. The summed E-state index contributed by atoms with van der Waals surface area (Å²) in [6, 6.07) is -0.363. The number of ether oxygens (including phenoxy) is 1. The zero-order valence-electron chi connectivity index (χ0n) is 15.8. The maximum atomic E-state index is 12.9. The quantitative estimate of drug-likeness (QED) is 0.207. The zero-order valence-corrected chi connectivity index (χ0v) is 21.1. The molecule has 0 saturated carbocycles. The number of thiazole rings is 1. The number of likely N-dealkylation sites (N-methyl/N-ethyl adjacent to an activating group) is 1. The second-order valence-corrected chi connectivity index (χ2v) is 12.1. The average Bonchev–Trinajstić information content (AvgIpc) is 3.10. The number of allylic oxidation sites excluding steroid dienone is 1. The molecule has 1 aromatic heterocycles. The number of alkyl halides is 6. The molecule has 0 saturated heterocycles. The first kappa shape index (κ1) is 26.4. The minimum absolute atomic E-state index is 0.287. The summed E-state index contributed by atoms with van der Waals surface area (Å²) in [5.74, 6) is -0.536. The first-order chi connectivity index (χ1) is 12.8. The largest absolute Gasteiger partial charge is 0.501 e. The summed E-state index contributed by atoms with van der Waals surface area (Å²) < 4.78 is 2.39. The highest BCUT2D eigenvalue weighted by Gasteiger charge is 2.35. The summed E-state index contributed by atoms with van der Waals surface area (Å²) in [6.45, 7) is 3.57. The Balaban J connectivity index is 3.03. The molecule has 0 aliphatic carbocycles. The third-order valence-corrected chi connectivity index (χ3v) is 7.41. The highest BCUT2D eigenvalue weighted by atomic mass is 35.6. The SMILES string of the molecule is COC(=CC(=O)N(C)C(CC(C)C(Cl)(Cl)Cl)c1nccs1)CC(C)C(Cl)(Cl)Cl. The van der Waals surface area contributed by atoms with Crippen LogP contribution in [-0.4, -0.2) is 37.5 Å². The molecule has 0 bridgehead atoms. The third kappa shape index (κ3) is 8.25. The normalized spacial score (nSPS) is 16.4. The molecule has 0 aliphatic heterocycles. The fraction of sp³-hybridized carbons (Fsp3) is 0.647. The number of halogens is 6. The summed E-state index contributed by atoms with van der Waals surface area (Å²) in [6.07, 6.45) is 3.77. The Morgan fingerprint density at radius 3 is 2.21 bits per heavy atom. The standard InChI is InChI=1S/C17H22Cl6N2O2S/c1-10(16(18,19)20)7-12(27-4)9-14(26)25(3)13(15-24-5-6-28-15)8-11(2)17(21,22)23/h5-6,9-11,13H,7-8H2,1-4H3. The molecule has 0 fully saturated rings. The summed E-state index contributed by atoms with van der Waals surface area (Å²) in [5.41, 5.74) is 0. The van der Waals surface area contributed by atoms with Crippen LogP contribution in [0.15, 0.2) is 23.4 Å². The van der Waals surface area contributed by atoms with Gasteiger partial charge in [0, 0.05) is 43.0 Å². The molecular formula is C17H22Cl6N2O2S. The van der Waals surface area contributed by atoms with Crippen LogP contribution < -0.4 is 0 Å². The van der Waals surface area contributed by atoms with Gasteiger partial charge < -0.3 is 9.64 Å². The Hall–Kier alpha value is 0.380. The molecule has 1 amide bonds. The highest BCUT2D eigenvalue weighted by Crippen LogP contribution is 2.41. The number of rotatable bonds is 8. The van der Waals surface area contributed by atoms with E-state index in [2.05, 4.69) is 4.98 Å². The van der Waals surface area contributed by atoms with Gasteiger partial charge in [-0.3, -0.25) is 4.79 Å². The van der Waals surface area contributed by atoms with Crippen LogP contribution in [0.4, 0.5) is 0 Å². The van der Waals surface area contributed by atoms with Crippen LogP contribution in [0.2, 0.25) is 0 Å². The van der Waals surface area contributed by atoms with Gasteiger partial charge in [-0.1, -0.05) is 83.5 Å². The van der Waals surface area contributed by atoms with Crippen molar-refractivity contribution in [2.45, 2.75) is 40.3 Å². The van der Waals surface area contributed by atoms with E-state index in [0.29, 0.717) is 18.6 Å². The summed E-state index contributed by atoms with van der Waals surface area (Å²) in [5, 5.41) is 2.58. The van der Waals surface area contributed by atoms with Gasteiger partial charge in [-0.05, 0) is 6.42 Å². The van der Waals surface area contributed by atoms with Crippen LogP contribution >= 0.6 is 80.9 Å². The summed E-state index contributed by atoms with van der Waals surface area (Å²) >= 11 is 37.2. The van der Waals surface area contributed by atoms with Crippen molar-refractivity contribution >= 4 is 86.8 Å². The van der Waals surface area contributed by atoms with E-state index in [1.165, 1.54) is 24.5 Å². The second-order valence-electron chi connectivity index (χ2n) is 6.48. The number of aromatic nitrogens is 1. The average molecular weight is 531 g/mol.